The zero-order chi connectivity index (χ0) is 19.2. The molecule has 3 aliphatic carbocycles. The number of nitroso groups, excluding NO2 is 1. The Labute approximate surface area is 159 Å². The van der Waals surface area contributed by atoms with Gasteiger partial charge in [-0.05, 0) is 60.8 Å². The van der Waals surface area contributed by atoms with Crippen LogP contribution in [0.2, 0.25) is 0 Å². The first-order valence-corrected chi connectivity index (χ1v) is 9.37. The third-order valence-corrected chi connectivity index (χ3v) is 6.33. The van der Waals surface area contributed by atoms with Gasteiger partial charge in [0.05, 0.1) is 21.3 Å². The summed E-state index contributed by atoms with van der Waals surface area (Å²) in [5.74, 6) is 2.74. The molecule has 0 aromatic rings. The van der Waals surface area contributed by atoms with Gasteiger partial charge < -0.3 is 14.2 Å². The number of allylic oxidation sites excluding steroid dienone is 7. The van der Waals surface area contributed by atoms with E-state index in [4.69, 9.17) is 14.2 Å². The van der Waals surface area contributed by atoms with Crippen LogP contribution in [-0.4, -0.2) is 26.1 Å². The van der Waals surface area contributed by atoms with E-state index < -0.39 is 5.41 Å². The van der Waals surface area contributed by atoms with Crippen LogP contribution < -0.4 is 0 Å². The molecule has 0 aromatic carbocycles. The Morgan fingerprint density at radius 1 is 1.19 bits per heavy atom. The monoisotopic (exact) mass is 368 g/mol. The van der Waals surface area contributed by atoms with E-state index in [9.17, 15) is 4.91 Å². The minimum absolute atomic E-state index is 0.313. The summed E-state index contributed by atoms with van der Waals surface area (Å²) in [6.45, 7) is 3.94. The third kappa shape index (κ3) is 2.68. The Morgan fingerprint density at radius 2 is 1.96 bits per heavy atom. The minimum atomic E-state index is -0.432. The fourth-order valence-corrected chi connectivity index (χ4v) is 5.10. The average Bonchev–Trinajstić information content (AvgIpc) is 2.67. The number of methoxy groups -OCH3 is 3. The molecule has 3 bridgehead atoms. The van der Waals surface area contributed by atoms with Gasteiger partial charge in [0.2, 0.25) is 6.20 Å². The number of nitrogens with zero attached hydrogens (tertiary/aromatic N) is 1. The van der Waals surface area contributed by atoms with E-state index in [2.05, 4.69) is 18.7 Å². The molecule has 142 valence electrons. The van der Waals surface area contributed by atoms with Gasteiger partial charge in [0, 0.05) is 22.0 Å². The van der Waals surface area contributed by atoms with Crippen LogP contribution in [0.4, 0.5) is 0 Å². The molecule has 0 amide bonds. The smallest absolute Gasteiger partial charge is 0.419 e. The fourth-order valence-electron chi connectivity index (χ4n) is 5.10. The van der Waals surface area contributed by atoms with Crippen molar-refractivity contribution in [1.82, 2.24) is 0 Å². The van der Waals surface area contributed by atoms with Gasteiger partial charge in [0.25, 0.3) is 0 Å². The second kappa shape index (κ2) is 6.55. The molecule has 1 aliphatic heterocycles. The Balaban J connectivity index is 1.99. The second-order valence-electron chi connectivity index (χ2n) is 7.68. The van der Waals surface area contributed by atoms with Crippen LogP contribution in [0.1, 0.15) is 25.7 Å². The average molecular weight is 368 g/mol. The summed E-state index contributed by atoms with van der Waals surface area (Å²) in [5, 5.41) is 0. The van der Waals surface area contributed by atoms with Crippen LogP contribution in [0.3, 0.4) is 0 Å². The summed E-state index contributed by atoms with van der Waals surface area (Å²) in [5.41, 5.74) is 3.12. The van der Waals surface area contributed by atoms with Crippen molar-refractivity contribution >= 4 is 0 Å². The van der Waals surface area contributed by atoms with Crippen LogP contribution >= 0.6 is 0 Å². The molecule has 3 atom stereocenters. The highest BCUT2D eigenvalue weighted by Crippen LogP contribution is 2.58. The first-order valence-electron chi connectivity index (χ1n) is 9.37. The van der Waals surface area contributed by atoms with E-state index in [-0.39, 0.29) is 0 Å². The molecule has 27 heavy (non-hydrogen) atoms. The summed E-state index contributed by atoms with van der Waals surface area (Å²) in [4.78, 5) is 12.7. The van der Waals surface area contributed by atoms with Crippen molar-refractivity contribution in [2.45, 2.75) is 25.7 Å². The normalized spacial score (nSPS) is 35.4. The van der Waals surface area contributed by atoms with Crippen molar-refractivity contribution in [3.05, 3.63) is 76.1 Å². The Hall–Kier alpha value is -2.56. The van der Waals surface area contributed by atoms with Gasteiger partial charge >= 0.3 is 5.88 Å². The topological polar surface area (TPSA) is 47.8 Å². The molecule has 1 heterocycles. The molecule has 0 N–H and O–H groups in total. The summed E-state index contributed by atoms with van der Waals surface area (Å²) in [7, 11) is 4.84. The van der Waals surface area contributed by atoms with Crippen LogP contribution in [0, 0.1) is 22.2 Å². The molecule has 0 saturated heterocycles. The lowest BCUT2D eigenvalue weighted by atomic mass is 9.56. The Morgan fingerprint density at radius 3 is 2.63 bits per heavy atom. The third-order valence-electron chi connectivity index (χ3n) is 6.33. The van der Waals surface area contributed by atoms with Gasteiger partial charge in [0.15, 0.2) is 11.5 Å². The van der Waals surface area contributed by atoms with Gasteiger partial charge in [-0.3, -0.25) is 0 Å². The first kappa shape index (κ1) is 17.8. The molecule has 4 rings (SSSR count). The number of hydrogen-bond acceptors (Lipinski definition) is 4. The van der Waals surface area contributed by atoms with Crippen LogP contribution in [-0.2, 0) is 14.2 Å². The quantitative estimate of drug-likeness (QED) is 0.529. The van der Waals surface area contributed by atoms with Crippen molar-refractivity contribution < 1.29 is 19.0 Å². The largest absolute Gasteiger partial charge is 0.493 e. The molecule has 5 heteroatoms. The molecule has 0 spiro atoms. The molecule has 1 saturated carbocycles. The zero-order valence-corrected chi connectivity index (χ0v) is 16.2. The summed E-state index contributed by atoms with van der Waals surface area (Å²) >= 11 is 0. The first-order chi connectivity index (χ1) is 13.0. The van der Waals surface area contributed by atoms with Crippen molar-refractivity contribution in [1.29, 1.82) is 0 Å². The summed E-state index contributed by atoms with van der Waals surface area (Å²) < 4.78 is 17.5. The maximum absolute atomic E-state index is 12.7. The van der Waals surface area contributed by atoms with E-state index in [1.54, 1.807) is 27.5 Å². The van der Waals surface area contributed by atoms with Gasteiger partial charge in [-0.25, -0.2) is 0 Å². The Kier molecular flexibility index (Phi) is 4.33. The molecular formula is C22H26NO4+. The molecule has 5 nitrogen and oxygen atoms in total. The molecule has 1 fully saturated rings. The summed E-state index contributed by atoms with van der Waals surface area (Å²) in [6.07, 6.45) is 13.6. The highest BCUT2D eigenvalue weighted by atomic mass is 16.5. The Bertz CT molecular complexity index is 858. The van der Waals surface area contributed by atoms with Crippen molar-refractivity contribution in [2.24, 2.45) is 17.3 Å². The second-order valence-corrected chi connectivity index (χ2v) is 7.68. The predicted octanol–water partition coefficient (Wildman–Crippen LogP) is 4.51. The summed E-state index contributed by atoms with van der Waals surface area (Å²) in [6, 6.07) is 0. The minimum Gasteiger partial charge on any atom is -0.493 e. The maximum atomic E-state index is 12.7. The number of rotatable bonds is 5. The molecule has 0 aromatic heterocycles. The number of hydrogen-bond donors (Lipinski definition) is 0. The van der Waals surface area contributed by atoms with E-state index in [0.717, 1.165) is 36.0 Å². The van der Waals surface area contributed by atoms with Crippen molar-refractivity contribution in [3.63, 3.8) is 0 Å². The van der Waals surface area contributed by atoms with E-state index >= 15 is 0 Å². The SMILES string of the molecule is C=CCC1C/C2=C/[N+](=O)/C(OC)=C\C34C=C(OC)C(OC)=CC3=C2CC1C4. The van der Waals surface area contributed by atoms with Gasteiger partial charge in [-0.1, -0.05) is 6.08 Å². The van der Waals surface area contributed by atoms with Crippen molar-refractivity contribution in [3.8, 4) is 0 Å². The zero-order valence-electron chi connectivity index (χ0n) is 16.2. The molecule has 4 aliphatic rings. The van der Waals surface area contributed by atoms with Gasteiger partial charge in [-0.2, -0.15) is 0 Å². The predicted molar refractivity (Wildman–Crippen MR) is 102 cm³/mol. The highest BCUT2D eigenvalue weighted by Gasteiger charge is 2.50. The van der Waals surface area contributed by atoms with E-state index in [1.807, 2.05) is 12.2 Å². The highest BCUT2D eigenvalue weighted by molar-refractivity contribution is 5.57. The molecule has 0 radical (unpaired) electrons. The molecular weight excluding hydrogens is 342 g/mol. The standard InChI is InChI=1S/C22H26NO4/c1-5-6-14-7-16-13-23(24)21(27-4)12-22-10-15(14)8-17(16)18(22)9-19(25-2)20(11-22)26-3/h5,9,11-15H,1,6-8,10H2,2-4H3/q+1/b16-13-,21-12+. The van der Waals surface area contributed by atoms with Crippen LogP contribution in [0.5, 0.6) is 0 Å². The van der Waals surface area contributed by atoms with Gasteiger partial charge in [0.1, 0.15) is 4.76 Å². The molecule has 3 unspecified atom stereocenters. The number of ether oxygens (including phenoxy) is 3. The van der Waals surface area contributed by atoms with Gasteiger partial charge in [-0.15, -0.1) is 6.58 Å². The lowest BCUT2D eigenvalue weighted by Gasteiger charge is -2.47. The fraction of sp³-hybridized carbons (Fsp3) is 0.455. The van der Waals surface area contributed by atoms with E-state index in [0.29, 0.717) is 29.2 Å². The maximum Gasteiger partial charge on any atom is 0.419 e. The van der Waals surface area contributed by atoms with Crippen LogP contribution in [0.25, 0.3) is 0 Å². The van der Waals surface area contributed by atoms with Crippen LogP contribution in [0.15, 0.2) is 71.2 Å². The lowest BCUT2D eigenvalue weighted by Crippen LogP contribution is -2.39. The van der Waals surface area contributed by atoms with Crippen molar-refractivity contribution in [2.75, 3.05) is 21.3 Å². The lowest BCUT2D eigenvalue weighted by molar-refractivity contribution is -0.462. The van der Waals surface area contributed by atoms with E-state index in [1.165, 1.54) is 11.1 Å². The number of fused-ring (bicyclic) bond motifs is 1.